The van der Waals surface area contributed by atoms with Gasteiger partial charge in [0.1, 0.15) is 5.82 Å². The standard InChI is InChI=1S/C24H27FN2O2S/c1-15-4-3-5-20(16(15)2)26-24(29)18-8-11-22-21(12-18)27(23(28)14-30-22)13-17-6-9-19(25)10-7-17/h6-12,15-16,20H,3-5,13-14H2,1-2H3,(H,26,29)/t15-,16+,20+/m1/s1. The lowest BCUT2D eigenvalue weighted by atomic mass is 9.78. The van der Waals surface area contributed by atoms with E-state index in [1.54, 1.807) is 17.0 Å². The molecule has 2 aliphatic rings. The minimum absolute atomic E-state index is 0.0101. The van der Waals surface area contributed by atoms with Gasteiger partial charge in [-0.05, 0) is 54.2 Å². The molecule has 158 valence electrons. The first-order valence-corrected chi connectivity index (χ1v) is 11.5. The lowest BCUT2D eigenvalue weighted by molar-refractivity contribution is -0.116. The SMILES string of the molecule is C[C@H]1[C@H](C)CCC[C@@H]1NC(=O)c1ccc2c(c1)N(Cc1ccc(F)cc1)C(=O)CS2. The summed E-state index contributed by atoms with van der Waals surface area (Å²) in [5.41, 5.74) is 2.17. The fourth-order valence-electron chi connectivity index (χ4n) is 4.33. The highest BCUT2D eigenvalue weighted by Gasteiger charge is 2.30. The number of hydrogen-bond donors (Lipinski definition) is 1. The average molecular weight is 427 g/mol. The maximum atomic E-state index is 13.2. The topological polar surface area (TPSA) is 49.4 Å². The molecule has 4 rings (SSSR count). The first-order chi connectivity index (χ1) is 14.4. The molecule has 1 fully saturated rings. The van der Waals surface area contributed by atoms with E-state index in [1.807, 2.05) is 18.2 Å². The van der Waals surface area contributed by atoms with Crippen molar-refractivity contribution < 1.29 is 14.0 Å². The molecule has 0 saturated heterocycles. The third-order valence-electron chi connectivity index (χ3n) is 6.44. The van der Waals surface area contributed by atoms with Gasteiger partial charge in [0.25, 0.3) is 5.91 Å². The summed E-state index contributed by atoms with van der Waals surface area (Å²) in [4.78, 5) is 28.3. The van der Waals surface area contributed by atoms with Crippen molar-refractivity contribution in [1.29, 1.82) is 0 Å². The van der Waals surface area contributed by atoms with Crippen LogP contribution in [0.5, 0.6) is 0 Å². The lowest BCUT2D eigenvalue weighted by Crippen LogP contribution is -2.43. The first-order valence-electron chi connectivity index (χ1n) is 10.5. The van der Waals surface area contributed by atoms with Gasteiger partial charge in [0.2, 0.25) is 5.91 Å². The van der Waals surface area contributed by atoms with Crippen LogP contribution in [0.25, 0.3) is 0 Å². The summed E-state index contributed by atoms with van der Waals surface area (Å²) in [5, 5.41) is 3.21. The van der Waals surface area contributed by atoms with Crippen molar-refractivity contribution in [2.45, 2.75) is 50.6 Å². The number of thioether (sulfide) groups is 1. The van der Waals surface area contributed by atoms with Gasteiger partial charge in [-0.2, -0.15) is 0 Å². The van der Waals surface area contributed by atoms with Crippen molar-refractivity contribution in [3.05, 3.63) is 59.4 Å². The van der Waals surface area contributed by atoms with E-state index in [0.29, 0.717) is 29.7 Å². The Balaban J connectivity index is 1.56. The van der Waals surface area contributed by atoms with Crippen LogP contribution in [0.1, 0.15) is 49.0 Å². The van der Waals surface area contributed by atoms with Crippen molar-refractivity contribution >= 4 is 29.3 Å². The monoisotopic (exact) mass is 426 g/mol. The maximum absolute atomic E-state index is 13.2. The molecule has 1 aliphatic carbocycles. The second kappa shape index (κ2) is 8.80. The number of benzene rings is 2. The largest absolute Gasteiger partial charge is 0.349 e. The van der Waals surface area contributed by atoms with Gasteiger partial charge < -0.3 is 10.2 Å². The second-order valence-corrected chi connectivity index (χ2v) is 9.44. The van der Waals surface area contributed by atoms with Crippen LogP contribution in [-0.2, 0) is 11.3 Å². The van der Waals surface area contributed by atoms with E-state index in [2.05, 4.69) is 19.2 Å². The number of anilines is 1. The molecule has 0 bridgehead atoms. The summed E-state index contributed by atoms with van der Waals surface area (Å²) in [6.07, 6.45) is 3.36. The smallest absolute Gasteiger partial charge is 0.251 e. The summed E-state index contributed by atoms with van der Waals surface area (Å²) >= 11 is 1.49. The number of amides is 2. The molecule has 1 heterocycles. The van der Waals surface area contributed by atoms with Gasteiger partial charge in [-0.3, -0.25) is 9.59 Å². The van der Waals surface area contributed by atoms with Crippen LogP contribution in [0.15, 0.2) is 47.4 Å². The van der Waals surface area contributed by atoms with Crippen LogP contribution in [0.2, 0.25) is 0 Å². The van der Waals surface area contributed by atoms with Crippen LogP contribution in [0.4, 0.5) is 10.1 Å². The molecular weight excluding hydrogens is 399 g/mol. The van der Waals surface area contributed by atoms with Crippen molar-refractivity contribution in [2.24, 2.45) is 11.8 Å². The molecule has 0 aromatic heterocycles. The van der Waals surface area contributed by atoms with Gasteiger partial charge in [-0.25, -0.2) is 4.39 Å². The zero-order valence-electron chi connectivity index (χ0n) is 17.4. The highest BCUT2D eigenvalue weighted by atomic mass is 32.2. The molecule has 1 saturated carbocycles. The third kappa shape index (κ3) is 4.38. The number of carbonyl (C=O) groups excluding carboxylic acids is 2. The second-order valence-electron chi connectivity index (χ2n) is 8.42. The lowest BCUT2D eigenvalue weighted by Gasteiger charge is -2.34. The molecule has 30 heavy (non-hydrogen) atoms. The Morgan fingerprint density at radius 2 is 1.93 bits per heavy atom. The Hall–Kier alpha value is -2.34. The number of nitrogens with one attached hydrogen (secondary N) is 1. The fourth-order valence-corrected chi connectivity index (χ4v) is 5.24. The summed E-state index contributed by atoms with van der Waals surface area (Å²) in [7, 11) is 0. The Kier molecular flexibility index (Phi) is 6.14. The van der Waals surface area contributed by atoms with E-state index in [0.717, 1.165) is 29.0 Å². The molecule has 1 aliphatic heterocycles. The van der Waals surface area contributed by atoms with Crippen molar-refractivity contribution in [1.82, 2.24) is 5.32 Å². The van der Waals surface area contributed by atoms with Gasteiger partial charge in [-0.15, -0.1) is 11.8 Å². The van der Waals surface area contributed by atoms with E-state index in [9.17, 15) is 14.0 Å². The molecule has 2 aromatic carbocycles. The summed E-state index contributed by atoms with van der Waals surface area (Å²) in [5.74, 6) is 1.01. The summed E-state index contributed by atoms with van der Waals surface area (Å²) in [6.45, 7) is 4.81. The normalized spacial score (nSPS) is 23.8. The number of carbonyl (C=O) groups is 2. The van der Waals surface area contributed by atoms with Gasteiger partial charge in [-0.1, -0.05) is 38.8 Å². The van der Waals surface area contributed by atoms with E-state index in [4.69, 9.17) is 0 Å². The molecule has 1 N–H and O–H groups in total. The molecule has 6 heteroatoms. The van der Waals surface area contributed by atoms with Crippen molar-refractivity contribution in [3.63, 3.8) is 0 Å². The molecule has 4 nitrogen and oxygen atoms in total. The van der Waals surface area contributed by atoms with E-state index >= 15 is 0 Å². The molecule has 0 spiro atoms. The zero-order chi connectivity index (χ0) is 21.3. The highest BCUT2D eigenvalue weighted by molar-refractivity contribution is 8.00. The van der Waals surface area contributed by atoms with Crippen molar-refractivity contribution in [2.75, 3.05) is 10.7 Å². The predicted molar refractivity (Wildman–Crippen MR) is 118 cm³/mol. The van der Waals surface area contributed by atoms with Gasteiger partial charge in [0, 0.05) is 16.5 Å². The predicted octanol–water partition coefficient (Wildman–Crippen LogP) is 5.02. The van der Waals surface area contributed by atoms with E-state index in [-0.39, 0.29) is 23.7 Å². The highest BCUT2D eigenvalue weighted by Crippen LogP contribution is 2.37. The Labute approximate surface area is 181 Å². The molecule has 2 amide bonds. The number of rotatable bonds is 4. The fraction of sp³-hybridized carbons (Fsp3) is 0.417. The minimum atomic E-state index is -0.301. The number of halogens is 1. The summed E-state index contributed by atoms with van der Waals surface area (Å²) in [6, 6.07) is 11.9. The average Bonchev–Trinajstić information content (AvgIpc) is 2.74. The van der Waals surface area contributed by atoms with Gasteiger partial charge in [0.15, 0.2) is 0 Å². The summed E-state index contributed by atoms with van der Waals surface area (Å²) < 4.78 is 13.2. The first kappa shape index (κ1) is 20.9. The van der Waals surface area contributed by atoms with Crippen LogP contribution >= 0.6 is 11.8 Å². The maximum Gasteiger partial charge on any atom is 0.251 e. The molecular formula is C24H27FN2O2S. The minimum Gasteiger partial charge on any atom is -0.349 e. The van der Waals surface area contributed by atoms with E-state index in [1.165, 1.54) is 30.3 Å². The number of fused-ring (bicyclic) bond motifs is 1. The third-order valence-corrected chi connectivity index (χ3v) is 7.49. The Morgan fingerprint density at radius 1 is 1.17 bits per heavy atom. The van der Waals surface area contributed by atoms with Crippen LogP contribution < -0.4 is 10.2 Å². The Morgan fingerprint density at radius 3 is 2.70 bits per heavy atom. The van der Waals surface area contributed by atoms with Crippen LogP contribution in [0.3, 0.4) is 0 Å². The van der Waals surface area contributed by atoms with Gasteiger partial charge >= 0.3 is 0 Å². The molecule has 0 unspecified atom stereocenters. The van der Waals surface area contributed by atoms with E-state index < -0.39 is 0 Å². The quantitative estimate of drug-likeness (QED) is 0.747. The molecule has 3 atom stereocenters. The van der Waals surface area contributed by atoms with Crippen molar-refractivity contribution in [3.8, 4) is 0 Å². The zero-order valence-corrected chi connectivity index (χ0v) is 18.2. The number of nitrogens with zero attached hydrogens (tertiary/aromatic N) is 1. The van der Waals surface area contributed by atoms with Gasteiger partial charge in [0.05, 0.1) is 18.0 Å². The number of hydrogen-bond acceptors (Lipinski definition) is 3. The van der Waals surface area contributed by atoms with Crippen LogP contribution in [0, 0.1) is 17.7 Å². The molecule has 2 aromatic rings. The van der Waals surface area contributed by atoms with Crippen LogP contribution in [-0.4, -0.2) is 23.6 Å². The Bertz CT molecular complexity index is 947. The molecule has 0 radical (unpaired) electrons.